The van der Waals surface area contributed by atoms with Gasteiger partial charge in [0.15, 0.2) is 0 Å². The molecule has 0 bridgehead atoms. The van der Waals surface area contributed by atoms with Crippen LogP contribution in [0.25, 0.3) is 0 Å². The van der Waals surface area contributed by atoms with Gasteiger partial charge in [-0.05, 0) is 44.0 Å². The van der Waals surface area contributed by atoms with Crippen molar-refractivity contribution in [3.63, 3.8) is 0 Å². The van der Waals surface area contributed by atoms with Gasteiger partial charge >= 0.3 is 5.97 Å². The van der Waals surface area contributed by atoms with Gasteiger partial charge in [0.05, 0.1) is 16.5 Å². The van der Waals surface area contributed by atoms with Crippen molar-refractivity contribution >= 4 is 16.0 Å². The molecule has 0 aromatic heterocycles. The molecule has 0 radical (unpaired) electrons. The van der Waals surface area contributed by atoms with Gasteiger partial charge < -0.3 is 5.11 Å². The van der Waals surface area contributed by atoms with Crippen molar-refractivity contribution in [3.05, 3.63) is 28.8 Å². The maximum Gasteiger partial charge on any atom is 0.335 e. The third kappa shape index (κ3) is 3.38. The molecule has 0 spiro atoms. The Morgan fingerprint density at radius 3 is 2.24 bits per heavy atom. The Labute approximate surface area is 122 Å². The fourth-order valence-corrected chi connectivity index (χ4v) is 3.41. The molecule has 8 heteroatoms. The molecule has 0 fully saturated rings. The molecule has 1 unspecified atom stereocenters. The first-order valence-electron chi connectivity index (χ1n) is 6.10. The van der Waals surface area contributed by atoms with Gasteiger partial charge in [-0.2, -0.15) is 4.31 Å². The molecule has 0 aliphatic carbocycles. The summed E-state index contributed by atoms with van der Waals surface area (Å²) < 4.78 is 50.8. The molecular formula is C13H17F2NO4S. The number of carbonyl (C=O) groups is 1. The van der Waals surface area contributed by atoms with Crippen LogP contribution in [0.15, 0.2) is 17.0 Å². The van der Waals surface area contributed by atoms with E-state index in [1.807, 2.05) is 0 Å². The highest BCUT2D eigenvalue weighted by molar-refractivity contribution is 7.89. The summed E-state index contributed by atoms with van der Waals surface area (Å²) in [5, 5.41) is 9.00. The number of rotatable bonds is 5. The Bertz CT molecular complexity index is 658. The maximum absolute atomic E-state index is 12.7. The molecule has 0 saturated heterocycles. The van der Waals surface area contributed by atoms with Crippen LogP contribution in [-0.4, -0.2) is 43.3 Å². The summed E-state index contributed by atoms with van der Waals surface area (Å²) in [6, 6.07) is 0.824. The van der Waals surface area contributed by atoms with Gasteiger partial charge in [0.2, 0.25) is 10.0 Å². The van der Waals surface area contributed by atoms with Crippen LogP contribution < -0.4 is 0 Å². The first-order chi connectivity index (χ1) is 9.50. The van der Waals surface area contributed by atoms with Crippen LogP contribution >= 0.6 is 0 Å². The van der Waals surface area contributed by atoms with E-state index in [1.165, 1.54) is 13.0 Å². The van der Waals surface area contributed by atoms with Crippen molar-refractivity contribution in [3.8, 4) is 0 Å². The number of hydrogen-bond acceptors (Lipinski definition) is 3. The van der Waals surface area contributed by atoms with E-state index in [0.717, 1.165) is 20.0 Å². The monoisotopic (exact) mass is 321 g/mol. The number of aryl methyl sites for hydroxylation is 1. The Balaban J connectivity index is 3.48. The Hall–Kier alpha value is -1.54. The maximum atomic E-state index is 12.7. The van der Waals surface area contributed by atoms with Crippen LogP contribution in [0.4, 0.5) is 8.78 Å². The number of benzene rings is 1. The smallest absolute Gasteiger partial charge is 0.335 e. The summed E-state index contributed by atoms with van der Waals surface area (Å²) in [5.41, 5.74) is 0.606. The number of halogens is 2. The molecule has 1 atom stereocenters. The topological polar surface area (TPSA) is 74.7 Å². The van der Waals surface area contributed by atoms with Crippen LogP contribution in [0.5, 0.6) is 0 Å². The van der Waals surface area contributed by atoms with Crippen molar-refractivity contribution in [2.45, 2.75) is 38.1 Å². The summed E-state index contributed by atoms with van der Waals surface area (Å²) in [6.07, 6.45) is -2.84. The number of carboxylic acid groups (broad SMARTS) is 1. The minimum Gasteiger partial charge on any atom is -0.478 e. The standard InChI is InChI=1S/C13H17F2NO4S/c1-7-5-10(13(17)18)6-11(8(7)2)21(19,20)16(4)9(3)12(14)15/h5-6,9,12H,1-4H3,(H,17,18). The molecule has 1 rings (SSSR count). The van der Waals surface area contributed by atoms with Crippen LogP contribution in [0.1, 0.15) is 28.4 Å². The lowest BCUT2D eigenvalue weighted by Crippen LogP contribution is -2.39. The van der Waals surface area contributed by atoms with E-state index >= 15 is 0 Å². The van der Waals surface area contributed by atoms with E-state index in [-0.39, 0.29) is 10.5 Å². The molecule has 118 valence electrons. The van der Waals surface area contributed by atoms with Gasteiger partial charge in [-0.25, -0.2) is 22.0 Å². The van der Waals surface area contributed by atoms with Gasteiger partial charge in [0.1, 0.15) is 0 Å². The average Bonchev–Trinajstić information content (AvgIpc) is 2.39. The third-order valence-electron chi connectivity index (χ3n) is 3.46. The van der Waals surface area contributed by atoms with Crippen LogP contribution in [-0.2, 0) is 10.0 Å². The van der Waals surface area contributed by atoms with E-state index < -0.39 is 28.5 Å². The van der Waals surface area contributed by atoms with Crippen LogP contribution in [0, 0.1) is 13.8 Å². The molecule has 0 saturated carbocycles. The second-order valence-electron chi connectivity index (χ2n) is 4.82. The van der Waals surface area contributed by atoms with Gasteiger partial charge in [0.25, 0.3) is 6.43 Å². The molecule has 0 amide bonds. The molecule has 5 nitrogen and oxygen atoms in total. The van der Waals surface area contributed by atoms with E-state index in [1.54, 1.807) is 6.92 Å². The third-order valence-corrected chi connectivity index (χ3v) is 5.53. The molecular weight excluding hydrogens is 304 g/mol. The van der Waals surface area contributed by atoms with Crippen molar-refractivity contribution in [1.82, 2.24) is 4.31 Å². The van der Waals surface area contributed by atoms with Crippen LogP contribution in [0.3, 0.4) is 0 Å². The predicted octanol–water partition coefficient (Wildman–Crippen LogP) is 2.28. The van der Waals surface area contributed by atoms with E-state index in [0.29, 0.717) is 15.4 Å². The zero-order chi connectivity index (χ0) is 16.5. The van der Waals surface area contributed by atoms with Gasteiger partial charge in [-0.15, -0.1) is 0 Å². The molecule has 0 aliphatic heterocycles. The molecule has 0 aliphatic rings. The van der Waals surface area contributed by atoms with Gasteiger partial charge in [0, 0.05) is 7.05 Å². The Morgan fingerprint density at radius 1 is 1.29 bits per heavy atom. The number of hydrogen-bond donors (Lipinski definition) is 1. The van der Waals surface area contributed by atoms with Crippen LogP contribution in [0.2, 0.25) is 0 Å². The molecule has 1 aromatic carbocycles. The fourth-order valence-electron chi connectivity index (χ4n) is 1.75. The van der Waals surface area contributed by atoms with Crippen molar-refractivity contribution in [2.24, 2.45) is 0 Å². The predicted molar refractivity (Wildman–Crippen MR) is 73.3 cm³/mol. The number of alkyl halides is 2. The lowest BCUT2D eigenvalue weighted by molar-refractivity contribution is 0.0696. The number of nitrogens with zero attached hydrogens (tertiary/aromatic N) is 1. The molecule has 0 heterocycles. The first kappa shape index (κ1) is 17.5. The minimum absolute atomic E-state index is 0.199. The highest BCUT2D eigenvalue weighted by Crippen LogP contribution is 2.26. The zero-order valence-corrected chi connectivity index (χ0v) is 12.9. The van der Waals surface area contributed by atoms with E-state index in [9.17, 15) is 22.0 Å². The lowest BCUT2D eigenvalue weighted by atomic mass is 10.1. The largest absolute Gasteiger partial charge is 0.478 e. The molecule has 1 N–H and O–H groups in total. The fraction of sp³-hybridized carbons (Fsp3) is 0.462. The summed E-state index contributed by atoms with van der Waals surface area (Å²) >= 11 is 0. The van der Waals surface area contributed by atoms with Crippen molar-refractivity contribution in [2.75, 3.05) is 7.05 Å². The summed E-state index contributed by atoms with van der Waals surface area (Å²) in [5.74, 6) is -1.28. The second kappa shape index (κ2) is 6.07. The summed E-state index contributed by atoms with van der Waals surface area (Å²) in [6.45, 7) is 4.16. The summed E-state index contributed by atoms with van der Waals surface area (Å²) in [4.78, 5) is 10.8. The van der Waals surface area contributed by atoms with Crippen molar-refractivity contribution in [1.29, 1.82) is 0 Å². The SMILES string of the molecule is Cc1cc(C(=O)O)cc(S(=O)(=O)N(C)C(C)C(F)F)c1C. The highest BCUT2D eigenvalue weighted by Gasteiger charge is 2.32. The first-order valence-corrected chi connectivity index (χ1v) is 7.55. The van der Waals surface area contributed by atoms with E-state index in [4.69, 9.17) is 5.11 Å². The van der Waals surface area contributed by atoms with Crippen molar-refractivity contribution < 1.29 is 27.1 Å². The molecule has 1 aromatic rings. The van der Waals surface area contributed by atoms with Gasteiger partial charge in [-0.1, -0.05) is 0 Å². The van der Waals surface area contributed by atoms with Gasteiger partial charge in [-0.3, -0.25) is 0 Å². The molecule has 21 heavy (non-hydrogen) atoms. The number of sulfonamides is 1. The average molecular weight is 321 g/mol. The normalized spacial score (nSPS) is 13.7. The van der Waals surface area contributed by atoms with E-state index in [2.05, 4.69) is 0 Å². The second-order valence-corrected chi connectivity index (χ2v) is 6.78. The highest BCUT2D eigenvalue weighted by atomic mass is 32.2. The Morgan fingerprint density at radius 2 is 1.81 bits per heavy atom. The quantitative estimate of drug-likeness (QED) is 0.903. The number of aromatic carboxylic acids is 1. The zero-order valence-electron chi connectivity index (χ0n) is 12.1. The summed E-state index contributed by atoms with van der Waals surface area (Å²) in [7, 11) is -3.15. The lowest BCUT2D eigenvalue weighted by Gasteiger charge is -2.25. The Kier molecular flexibility index (Phi) is 5.06. The number of carboxylic acids is 1. The minimum atomic E-state index is -4.20.